The minimum atomic E-state index is -4.09. The molecule has 0 bridgehead atoms. The van der Waals surface area contributed by atoms with Crippen LogP contribution in [-0.2, 0) is 6.42 Å². The van der Waals surface area contributed by atoms with Gasteiger partial charge in [-0.15, -0.1) is 0 Å². The molecule has 0 aliphatic heterocycles. The maximum Gasteiger partial charge on any atom is 0.391 e. The fourth-order valence-electron chi connectivity index (χ4n) is 2.98. The summed E-state index contributed by atoms with van der Waals surface area (Å²) in [6.45, 7) is 0. The van der Waals surface area contributed by atoms with Gasteiger partial charge in [0, 0.05) is 10.5 Å². The van der Waals surface area contributed by atoms with Gasteiger partial charge in [0.15, 0.2) is 0 Å². The molecule has 2 rings (SSSR count). The summed E-state index contributed by atoms with van der Waals surface area (Å²) in [6, 6.07) is 4.22. The molecule has 21 heavy (non-hydrogen) atoms. The number of halogens is 5. The highest BCUT2D eigenvalue weighted by Gasteiger charge is 2.42. The molecule has 1 nitrogen and oxygen atoms in total. The van der Waals surface area contributed by atoms with Crippen LogP contribution in [0.25, 0.3) is 0 Å². The number of alkyl halides is 3. The summed E-state index contributed by atoms with van der Waals surface area (Å²) in [4.78, 5) is 0. The van der Waals surface area contributed by atoms with Crippen LogP contribution in [0.2, 0.25) is 0 Å². The molecule has 1 unspecified atom stereocenters. The summed E-state index contributed by atoms with van der Waals surface area (Å²) in [7, 11) is 0. The maximum atomic E-state index is 13.0. The third-order valence-electron chi connectivity index (χ3n) is 4.31. The Bertz CT molecular complexity index is 481. The molecule has 0 saturated heterocycles. The van der Waals surface area contributed by atoms with Crippen LogP contribution < -0.4 is 5.73 Å². The Balaban J connectivity index is 1.92. The van der Waals surface area contributed by atoms with Gasteiger partial charge in [-0.1, -0.05) is 22.0 Å². The molecule has 1 atom stereocenters. The SMILES string of the molecule is NC(Cc1ccc(F)cc1Br)C1CCC(C(F)(F)F)CC1. The monoisotopic (exact) mass is 367 g/mol. The number of hydrogen-bond donors (Lipinski definition) is 1. The molecule has 1 aromatic rings. The summed E-state index contributed by atoms with van der Waals surface area (Å²) in [5, 5.41) is 0. The van der Waals surface area contributed by atoms with Gasteiger partial charge in [-0.05, 0) is 55.7 Å². The second-order valence-corrected chi connectivity index (χ2v) is 6.61. The molecule has 0 aromatic heterocycles. The Hall–Kier alpha value is -0.620. The van der Waals surface area contributed by atoms with E-state index in [0.29, 0.717) is 23.7 Å². The van der Waals surface area contributed by atoms with Crippen LogP contribution in [0.4, 0.5) is 17.6 Å². The zero-order valence-corrected chi connectivity index (χ0v) is 13.1. The van der Waals surface area contributed by atoms with Gasteiger partial charge < -0.3 is 5.73 Å². The van der Waals surface area contributed by atoms with Crippen molar-refractivity contribution in [3.63, 3.8) is 0 Å². The van der Waals surface area contributed by atoms with Gasteiger partial charge in [0.1, 0.15) is 5.82 Å². The maximum absolute atomic E-state index is 13.0. The van der Waals surface area contributed by atoms with Crippen molar-refractivity contribution in [3.8, 4) is 0 Å². The molecule has 118 valence electrons. The van der Waals surface area contributed by atoms with Crippen molar-refractivity contribution < 1.29 is 17.6 Å². The van der Waals surface area contributed by atoms with E-state index < -0.39 is 12.1 Å². The molecule has 1 aromatic carbocycles. The molecule has 1 fully saturated rings. The smallest absolute Gasteiger partial charge is 0.327 e. The van der Waals surface area contributed by atoms with Gasteiger partial charge in [0.25, 0.3) is 0 Å². The van der Waals surface area contributed by atoms with Crippen LogP contribution in [0.3, 0.4) is 0 Å². The summed E-state index contributed by atoms with van der Waals surface area (Å²) >= 11 is 3.29. The van der Waals surface area contributed by atoms with Crippen LogP contribution in [0.1, 0.15) is 31.2 Å². The minimum absolute atomic E-state index is 0.0977. The molecular weight excluding hydrogens is 350 g/mol. The lowest BCUT2D eigenvalue weighted by atomic mass is 9.77. The zero-order valence-electron chi connectivity index (χ0n) is 11.5. The average Bonchev–Trinajstić information content (AvgIpc) is 2.41. The molecule has 1 aliphatic rings. The standard InChI is InChI=1S/C15H18BrF4N/c16-13-8-12(17)6-3-10(13)7-14(21)9-1-4-11(5-2-9)15(18,19)20/h3,6,8-9,11,14H,1-2,4-5,7,21H2. The van der Waals surface area contributed by atoms with E-state index in [9.17, 15) is 17.6 Å². The predicted molar refractivity (Wildman–Crippen MR) is 77.3 cm³/mol. The van der Waals surface area contributed by atoms with Gasteiger partial charge in [-0.2, -0.15) is 13.2 Å². The summed E-state index contributed by atoms with van der Waals surface area (Å²) in [5.74, 6) is -1.41. The van der Waals surface area contributed by atoms with Crippen molar-refractivity contribution in [1.82, 2.24) is 0 Å². The fourth-order valence-corrected chi connectivity index (χ4v) is 3.50. The third kappa shape index (κ3) is 4.42. The van der Waals surface area contributed by atoms with E-state index in [-0.39, 0.29) is 30.6 Å². The second kappa shape index (κ2) is 6.65. The molecular formula is C15H18BrF4N. The second-order valence-electron chi connectivity index (χ2n) is 5.76. The zero-order chi connectivity index (χ0) is 15.6. The van der Waals surface area contributed by atoms with Crippen LogP contribution in [0.5, 0.6) is 0 Å². The summed E-state index contributed by atoms with van der Waals surface area (Å²) in [5.41, 5.74) is 7.04. The predicted octanol–water partition coefficient (Wildman–Crippen LogP) is 4.83. The Morgan fingerprint density at radius 1 is 1.19 bits per heavy atom. The first-order valence-electron chi connectivity index (χ1n) is 7.03. The van der Waals surface area contributed by atoms with E-state index in [1.807, 2.05) is 0 Å². The first-order chi connectivity index (χ1) is 9.77. The van der Waals surface area contributed by atoms with Gasteiger partial charge in [-0.25, -0.2) is 4.39 Å². The molecule has 2 N–H and O–H groups in total. The molecule has 1 aliphatic carbocycles. The van der Waals surface area contributed by atoms with Gasteiger partial charge >= 0.3 is 6.18 Å². The van der Waals surface area contributed by atoms with Crippen LogP contribution in [0.15, 0.2) is 22.7 Å². The molecule has 0 amide bonds. The van der Waals surface area contributed by atoms with Gasteiger partial charge in [0.05, 0.1) is 5.92 Å². The topological polar surface area (TPSA) is 26.0 Å². The molecule has 0 spiro atoms. The highest BCUT2D eigenvalue weighted by atomic mass is 79.9. The molecule has 1 saturated carbocycles. The first-order valence-corrected chi connectivity index (χ1v) is 7.83. The minimum Gasteiger partial charge on any atom is -0.327 e. The van der Waals surface area contributed by atoms with E-state index in [2.05, 4.69) is 15.9 Å². The third-order valence-corrected chi connectivity index (χ3v) is 5.05. The van der Waals surface area contributed by atoms with Crippen LogP contribution >= 0.6 is 15.9 Å². The summed E-state index contributed by atoms with van der Waals surface area (Å²) in [6.07, 6.45) is -2.22. The van der Waals surface area contributed by atoms with E-state index in [4.69, 9.17) is 5.73 Å². The van der Waals surface area contributed by atoms with E-state index in [0.717, 1.165) is 5.56 Å². The Labute approximate surface area is 130 Å². The van der Waals surface area contributed by atoms with Gasteiger partial charge in [0.2, 0.25) is 0 Å². The number of hydrogen-bond acceptors (Lipinski definition) is 1. The van der Waals surface area contributed by atoms with E-state index in [1.54, 1.807) is 6.07 Å². The Morgan fingerprint density at radius 3 is 2.33 bits per heavy atom. The highest BCUT2D eigenvalue weighted by Crippen LogP contribution is 2.40. The fraction of sp³-hybridized carbons (Fsp3) is 0.600. The van der Waals surface area contributed by atoms with Crippen molar-refractivity contribution in [2.75, 3.05) is 0 Å². The number of benzene rings is 1. The van der Waals surface area contributed by atoms with Crippen molar-refractivity contribution in [3.05, 3.63) is 34.1 Å². The van der Waals surface area contributed by atoms with Crippen molar-refractivity contribution in [1.29, 1.82) is 0 Å². The average molecular weight is 368 g/mol. The van der Waals surface area contributed by atoms with Crippen LogP contribution in [-0.4, -0.2) is 12.2 Å². The van der Waals surface area contributed by atoms with Gasteiger partial charge in [-0.3, -0.25) is 0 Å². The van der Waals surface area contributed by atoms with Crippen molar-refractivity contribution in [2.24, 2.45) is 17.6 Å². The van der Waals surface area contributed by atoms with Crippen molar-refractivity contribution in [2.45, 2.75) is 44.3 Å². The lowest BCUT2D eigenvalue weighted by Crippen LogP contribution is -2.37. The first kappa shape index (κ1) is 16.7. The van der Waals surface area contributed by atoms with Crippen LogP contribution in [0, 0.1) is 17.7 Å². The van der Waals surface area contributed by atoms with E-state index in [1.165, 1.54) is 12.1 Å². The highest BCUT2D eigenvalue weighted by molar-refractivity contribution is 9.10. The largest absolute Gasteiger partial charge is 0.391 e. The normalized spacial score (nSPS) is 24.9. The quantitative estimate of drug-likeness (QED) is 0.761. The lowest BCUT2D eigenvalue weighted by Gasteiger charge is -2.33. The lowest BCUT2D eigenvalue weighted by molar-refractivity contribution is -0.184. The molecule has 0 radical (unpaired) electrons. The number of rotatable bonds is 3. The molecule has 0 heterocycles. The van der Waals surface area contributed by atoms with Crippen molar-refractivity contribution >= 4 is 15.9 Å². The molecule has 6 heteroatoms. The summed E-state index contributed by atoms with van der Waals surface area (Å²) < 4.78 is 51.6. The van der Waals surface area contributed by atoms with E-state index >= 15 is 0 Å². The Kier molecular flexibility index (Phi) is 5.30. The Morgan fingerprint density at radius 2 is 1.81 bits per heavy atom. The number of nitrogens with two attached hydrogens (primary N) is 1.